The van der Waals surface area contributed by atoms with Crippen LogP contribution in [0.2, 0.25) is 0 Å². The van der Waals surface area contributed by atoms with Crippen LogP contribution in [0, 0.1) is 0 Å². The van der Waals surface area contributed by atoms with Gasteiger partial charge < -0.3 is 19.3 Å². The highest BCUT2D eigenvalue weighted by atomic mass is 31.2. The summed E-state index contributed by atoms with van der Waals surface area (Å²) >= 11 is 0. The maximum Gasteiger partial charge on any atom is 0.399 e. The molecule has 1 aromatic heterocycles. The van der Waals surface area contributed by atoms with E-state index in [1.54, 1.807) is 12.1 Å². The fraction of sp³-hybridized carbons (Fsp3) is 0.262. The van der Waals surface area contributed by atoms with Gasteiger partial charge in [-0.05, 0) is 92.8 Å². The molecule has 280 valence electrons. The minimum absolute atomic E-state index is 0.0784. The summed E-state index contributed by atoms with van der Waals surface area (Å²) in [6.07, 6.45) is 0.552. The summed E-state index contributed by atoms with van der Waals surface area (Å²) in [4.78, 5) is 32.0. The van der Waals surface area contributed by atoms with Crippen LogP contribution in [0.1, 0.15) is 67.2 Å². The van der Waals surface area contributed by atoms with E-state index >= 15 is 0 Å². The van der Waals surface area contributed by atoms with E-state index in [-0.39, 0.29) is 12.5 Å². The molecule has 12 heteroatoms. The van der Waals surface area contributed by atoms with Crippen LogP contribution in [-0.2, 0) is 33.3 Å². The molecule has 1 atom stereocenters. The third kappa shape index (κ3) is 8.14. The minimum Gasteiger partial charge on any atom is -0.491 e. The van der Waals surface area contributed by atoms with Crippen LogP contribution < -0.4 is 4.74 Å². The number of aromatic nitrogens is 3. The molecule has 5 aromatic carbocycles. The largest absolute Gasteiger partial charge is 0.491 e. The summed E-state index contributed by atoms with van der Waals surface area (Å²) in [6, 6.07) is 35.4. The van der Waals surface area contributed by atoms with Gasteiger partial charge in [0.25, 0.3) is 0 Å². The standard InChI is InChI=1S/C42H42F2N3O6P/c1-28(2)52-34-23-24-35(39(48)53-40(3,4)5)36(25-34)31-19-15-29(16-20-31)26-41(32-11-7-6-8-12-32,47-38-14-10-9-13-37(38)45-46-47)27-30-17-21-33(22-18-30)42(43,44)54(49,50)51/h6-25,28H,26-27H2,1-5H3,(H2,49,50,51). The quantitative estimate of drug-likeness (QED) is 0.0937. The van der Waals surface area contributed by atoms with Gasteiger partial charge in [0.2, 0.25) is 0 Å². The highest BCUT2D eigenvalue weighted by Crippen LogP contribution is 2.59. The van der Waals surface area contributed by atoms with Gasteiger partial charge in [-0.15, -0.1) is 5.10 Å². The second-order valence-corrected chi connectivity index (χ2v) is 16.2. The lowest BCUT2D eigenvalue weighted by Gasteiger charge is -2.36. The molecule has 0 bridgehead atoms. The number of para-hydroxylation sites is 1. The van der Waals surface area contributed by atoms with Gasteiger partial charge in [-0.2, -0.15) is 8.78 Å². The average molecular weight is 754 g/mol. The van der Waals surface area contributed by atoms with E-state index in [0.717, 1.165) is 34.3 Å². The summed E-state index contributed by atoms with van der Waals surface area (Å²) in [6.45, 7) is 9.32. The molecule has 0 aliphatic heterocycles. The number of alkyl halides is 2. The Hall–Kier alpha value is -5.22. The predicted octanol–water partition coefficient (Wildman–Crippen LogP) is 9.30. The van der Waals surface area contributed by atoms with E-state index in [4.69, 9.17) is 9.47 Å². The van der Waals surface area contributed by atoms with Crippen LogP contribution in [-0.4, -0.2) is 42.5 Å². The van der Waals surface area contributed by atoms with Gasteiger partial charge in [0, 0.05) is 18.4 Å². The highest BCUT2D eigenvalue weighted by molar-refractivity contribution is 7.52. The normalized spacial score (nSPS) is 13.5. The molecule has 0 saturated heterocycles. The molecular formula is C42H42F2N3O6P. The third-order valence-electron chi connectivity index (χ3n) is 8.98. The first kappa shape index (κ1) is 38.5. The van der Waals surface area contributed by atoms with Gasteiger partial charge in [0.1, 0.15) is 16.9 Å². The lowest BCUT2D eigenvalue weighted by Crippen LogP contribution is -2.40. The topological polar surface area (TPSA) is 124 Å². The molecule has 0 saturated carbocycles. The summed E-state index contributed by atoms with van der Waals surface area (Å²) in [5, 5.41) is 9.13. The van der Waals surface area contributed by atoms with E-state index in [9.17, 15) is 27.9 Å². The third-order valence-corrected chi connectivity index (χ3v) is 9.97. The second kappa shape index (κ2) is 14.9. The molecule has 0 aliphatic rings. The maximum absolute atomic E-state index is 14.6. The van der Waals surface area contributed by atoms with Crippen LogP contribution in [0.25, 0.3) is 22.2 Å². The molecule has 0 spiro atoms. The number of ether oxygens (including phenoxy) is 2. The Bertz CT molecular complexity index is 2300. The molecule has 0 fully saturated rings. The number of esters is 1. The molecule has 54 heavy (non-hydrogen) atoms. The van der Waals surface area contributed by atoms with Crippen molar-refractivity contribution in [3.8, 4) is 16.9 Å². The highest BCUT2D eigenvalue weighted by Gasteiger charge is 2.50. The smallest absolute Gasteiger partial charge is 0.399 e. The lowest BCUT2D eigenvalue weighted by atomic mass is 9.78. The monoisotopic (exact) mass is 753 g/mol. The minimum atomic E-state index is -5.75. The van der Waals surface area contributed by atoms with Crippen molar-refractivity contribution in [2.75, 3.05) is 0 Å². The van der Waals surface area contributed by atoms with Crippen molar-refractivity contribution in [1.82, 2.24) is 15.0 Å². The Kier molecular flexibility index (Phi) is 10.6. The molecular weight excluding hydrogens is 711 g/mol. The van der Waals surface area contributed by atoms with Gasteiger partial charge in [-0.1, -0.05) is 96.2 Å². The van der Waals surface area contributed by atoms with Crippen molar-refractivity contribution >= 4 is 24.6 Å². The first-order chi connectivity index (χ1) is 25.5. The first-order valence-electron chi connectivity index (χ1n) is 17.5. The van der Waals surface area contributed by atoms with Crippen LogP contribution in [0.15, 0.2) is 121 Å². The van der Waals surface area contributed by atoms with E-state index in [1.807, 2.05) is 124 Å². The molecule has 0 radical (unpaired) electrons. The van der Waals surface area contributed by atoms with Crippen LogP contribution in [0.5, 0.6) is 5.75 Å². The van der Waals surface area contributed by atoms with Gasteiger partial charge in [0.15, 0.2) is 0 Å². The Morgan fingerprint density at radius 2 is 1.39 bits per heavy atom. The molecule has 1 unspecified atom stereocenters. The van der Waals surface area contributed by atoms with E-state index in [0.29, 0.717) is 34.4 Å². The van der Waals surface area contributed by atoms with Crippen molar-refractivity contribution in [1.29, 1.82) is 0 Å². The average Bonchev–Trinajstić information content (AvgIpc) is 3.56. The second-order valence-electron chi connectivity index (χ2n) is 14.6. The summed E-state index contributed by atoms with van der Waals surface area (Å²) < 4.78 is 54.5. The van der Waals surface area contributed by atoms with Crippen molar-refractivity contribution in [2.24, 2.45) is 0 Å². The van der Waals surface area contributed by atoms with E-state index < -0.39 is 35.9 Å². The van der Waals surface area contributed by atoms with Crippen molar-refractivity contribution < 1.29 is 37.4 Å². The molecule has 6 aromatic rings. The lowest BCUT2D eigenvalue weighted by molar-refractivity contribution is 0.00703. The molecule has 0 amide bonds. The van der Waals surface area contributed by atoms with Crippen molar-refractivity contribution in [2.45, 2.75) is 70.4 Å². The summed E-state index contributed by atoms with van der Waals surface area (Å²) in [7, 11) is -5.75. The maximum atomic E-state index is 14.6. The van der Waals surface area contributed by atoms with Gasteiger partial charge in [0.05, 0.1) is 22.7 Å². The summed E-state index contributed by atoms with van der Waals surface area (Å²) in [5.74, 6) is 0.158. The van der Waals surface area contributed by atoms with Gasteiger partial charge in [-0.3, -0.25) is 4.57 Å². The van der Waals surface area contributed by atoms with Gasteiger partial charge >= 0.3 is 19.2 Å². The SMILES string of the molecule is CC(C)Oc1ccc(C(=O)OC(C)(C)C)c(-c2ccc(CC(Cc3ccc(C(F)(F)P(=O)(O)O)cc3)(c3ccccc3)n3nnc4ccccc43)cc2)c1. The fourth-order valence-corrected chi connectivity index (χ4v) is 7.05. The van der Waals surface area contributed by atoms with Crippen LogP contribution in [0.4, 0.5) is 8.78 Å². The zero-order valence-electron chi connectivity index (χ0n) is 30.6. The Morgan fingerprint density at radius 3 is 1.98 bits per heavy atom. The molecule has 0 aliphatic carbocycles. The number of benzene rings is 5. The Morgan fingerprint density at radius 1 is 0.796 bits per heavy atom. The number of fused-ring (bicyclic) bond motifs is 1. The Labute approximate surface area is 312 Å². The van der Waals surface area contributed by atoms with Crippen molar-refractivity contribution in [3.63, 3.8) is 0 Å². The number of hydrogen-bond acceptors (Lipinski definition) is 6. The Balaban J connectivity index is 1.46. The van der Waals surface area contributed by atoms with Crippen LogP contribution in [0.3, 0.4) is 0 Å². The number of rotatable bonds is 12. The predicted molar refractivity (Wildman–Crippen MR) is 204 cm³/mol. The molecule has 2 N–H and O–H groups in total. The zero-order valence-corrected chi connectivity index (χ0v) is 31.5. The van der Waals surface area contributed by atoms with Gasteiger partial charge in [-0.25, -0.2) is 9.48 Å². The fourth-order valence-electron chi connectivity index (χ4n) is 6.56. The van der Waals surface area contributed by atoms with E-state index in [2.05, 4.69) is 10.3 Å². The number of nitrogens with zero attached hydrogens (tertiary/aromatic N) is 3. The number of hydrogen-bond donors (Lipinski definition) is 2. The van der Waals surface area contributed by atoms with Crippen LogP contribution >= 0.6 is 7.60 Å². The molecule has 6 rings (SSSR count). The number of carbonyl (C=O) groups is 1. The number of carbonyl (C=O) groups excluding carboxylic acids is 1. The first-order valence-corrected chi connectivity index (χ1v) is 19.1. The summed E-state index contributed by atoms with van der Waals surface area (Å²) in [5.41, 5.74) is -1.12. The zero-order chi connectivity index (χ0) is 38.9. The van der Waals surface area contributed by atoms with Crippen molar-refractivity contribution in [3.05, 3.63) is 149 Å². The molecule has 9 nitrogen and oxygen atoms in total. The molecule has 1 heterocycles. The van der Waals surface area contributed by atoms with E-state index in [1.165, 1.54) is 12.1 Å². The number of halogens is 2.